The van der Waals surface area contributed by atoms with Crippen molar-refractivity contribution in [2.24, 2.45) is 0 Å². The van der Waals surface area contributed by atoms with Gasteiger partial charge in [-0.2, -0.15) is 0 Å². The molecule has 1 heterocycles. The second-order valence-corrected chi connectivity index (χ2v) is 8.17. The van der Waals surface area contributed by atoms with Crippen molar-refractivity contribution in [3.63, 3.8) is 0 Å². The Hall–Kier alpha value is -2.89. The van der Waals surface area contributed by atoms with Crippen LogP contribution in [0.4, 0.5) is 4.39 Å². The molecule has 0 fully saturated rings. The highest BCUT2D eigenvalue weighted by molar-refractivity contribution is 6.42. The second-order valence-electron chi connectivity index (χ2n) is 7.35. The summed E-state index contributed by atoms with van der Waals surface area (Å²) in [5.41, 5.74) is 3.94. The Kier molecular flexibility index (Phi) is 7.89. The number of aryl methyl sites for hydroxylation is 2. The lowest BCUT2D eigenvalue weighted by atomic mass is 10.1. The number of rotatable bonds is 8. The molecule has 0 saturated carbocycles. The summed E-state index contributed by atoms with van der Waals surface area (Å²) in [7, 11) is 0. The Bertz CT molecular complexity index is 1170. The lowest BCUT2D eigenvalue weighted by Crippen LogP contribution is -2.14. The van der Waals surface area contributed by atoms with Crippen LogP contribution in [-0.4, -0.2) is 22.9 Å². The number of hydrogen-bond donors (Lipinski definition) is 0. The number of halogens is 3. The molecular weight excluding hydrogens is 452 g/mol. The van der Waals surface area contributed by atoms with Crippen molar-refractivity contribution in [3.05, 3.63) is 98.5 Å². The summed E-state index contributed by atoms with van der Waals surface area (Å²) in [6.45, 7) is 4.08. The first-order valence-corrected chi connectivity index (χ1v) is 10.7. The fraction of sp³-hybridized carbons (Fsp3) is 0.200. The van der Waals surface area contributed by atoms with Crippen LogP contribution in [0.5, 0.6) is 0 Å². The number of esters is 1. The highest BCUT2D eigenvalue weighted by atomic mass is 35.5. The number of carbonyl (C=O) groups excluding carboxylic acids is 2. The number of Topliss-reactive ketones (excluding diaryl/α,β-unsaturated/α-hetero) is 1. The summed E-state index contributed by atoms with van der Waals surface area (Å²) < 4.78 is 20.2. The van der Waals surface area contributed by atoms with Crippen molar-refractivity contribution < 1.29 is 18.7 Å². The average Bonchev–Trinajstić information content (AvgIpc) is 3.06. The monoisotopic (exact) mass is 473 g/mol. The molecule has 7 heteroatoms. The van der Waals surface area contributed by atoms with Gasteiger partial charge in [-0.3, -0.25) is 4.79 Å². The van der Waals surface area contributed by atoms with E-state index in [1.165, 1.54) is 24.3 Å². The quantitative estimate of drug-likeness (QED) is 0.221. The van der Waals surface area contributed by atoms with Gasteiger partial charge in [0.25, 0.3) is 0 Å². The molecule has 0 amide bonds. The van der Waals surface area contributed by atoms with Crippen molar-refractivity contribution in [1.29, 1.82) is 0 Å². The molecule has 32 heavy (non-hydrogen) atoms. The zero-order chi connectivity index (χ0) is 23.3. The number of nitrogens with zero attached hydrogens (tertiary/aromatic N) is 1. The molecule has 2 aromatic carbocycles. The maximum atomic E-state index is 13.1. The topological polar surface area (TPSA) is 48.3 Å². The van der Waals surface area contributed by atoms with Crippen molar-refractivity contribution in [3.8, 4) is 0 Å². The predicted molar refractivity (Wildman–Crippen MR) is 125 cm³/mol. The Labute approximate surface area is 196 Å². The van der Waals surface area contributed by atoms with E-state index in [1.54, 1.807) is 36.4 Å². The van der Waals surface area contributed by atoms with E-state index in [1.807, 2.05) is 18.4 Å². The van der Waals surface area contributed by atoms with Gasteiger partial charge in [0.15, 0.2) is 6.61 Å². The molecule has 0 saturated heterocycles. The number of aromatic nitrogens is 1. The summed E-state index contributed by atoms with van der Waals surface area (Å²) in [4.78, 5) is 24.6. The van der Waals surface area contributed by atoms with E-state index in [0.717, 1.165) is 17.0 Å². The molecule has 3 aromatic rings. The molecule has 3 rings (SSSR count). The van der Waals surface area contributed by atoms with Crippen LogP contribution in [0.15, 0.2) is 54.6 Å². The van der Waals surface area contributed by atoms with Gasteiger partial charge in [-0.15, -0.1) is 0 Å². The van der Waals surface area contributed by atoms with Gasteiger partial charge in [-0.05, 0) is 67.8 Å². The Balaban J connectivity index is 1.58. The Morgan fingerprint density at radius 3 is 2.44 bits per heavy atom. The smallest absolute Gasteiger partial charge is 0.331 e. The molecule has 0 aliphatic heterocycles. The third kappa shape index (κ3) is 6.09. The van der Waals surface area contributed by atoms with Crippen LogP contribution in [0.3, 0.4) is 0 Å². The molecule has 0 spiro atoms. The van der Waals surface area contributed by atoms with Crippen molar-refractivity contribution in [2.75, 3.05) is 6.61 Å². The van der Waals surface area contributed by atoms with E-state index in [0.29, 0.717) is 34.1 Å². The van der Waals surface area contributed by atoms with Gasteiger partial charge in [0, 0.05) is 29.6 Å². The average molecular weight is 474 g/mol. The van der Waals surface area contributed by atoms with E-state index in [-0.39, 0.29) is 18.2 Å². The first-order valence-electron chi connectivity index (χ1n) is 9.99. The van der Waals surface area contributed by atoms with Gasteiger partial charge >= 0.3 is 5.97 Å². The van der Waals surface area contributed by atoms with E-state index in [4.69, 9.17) is 27.9 Å². The second kappa shape index (κ2) is 10.6. The maximum absolute atomic E-state index is 13.1. The molecule has 0 atom stereocenters. The highest BCUT2D eigenvalue weighted by Gasteiger charge is 2.17. The molecule has 4 nitrogen and oxygen atoms in total. The van der Waals surface area contributed by atoms with Crippen LogP contribution >= 0.6 is 23.2 Å². The van der Waals surface area contributed by atoms with Gasteiger partial charge in [-0.25, -0.2) is 9.18 Å². The largest absolute Gasteiger partial charge is 0.454 e. The normalized spacial score (nSPS) is 11.2. The minimum atomic E-state index is -0.630. The van der Waals surface area contributed by atoms with Crippen LogP contribution < -0.4 is 0 Å². The van der Waals surface area contributed by atoms with Gasteiger partial charge in [0.2, 0.25) is 5.78 Å². The third-order valence-corrected chi connectivity index (χ3v) is 5.85. The lowest BCUT2D eigenvalue weighted by Gasteiger charge is -2.10. The fourth-order valence-electron chi connectivity index (χ4n) is 3.36. The molecule has 0 radical (unpaired) electrons. The fourth-order valence-corrected chi connectivity index (χ4v) is 3.67. The van der Waals surface area contributed by atoms with E-state index >= 15 is 0 Å². The molecule has 0 unspecified atom stereocenters. The number of ketones is 1. The highest BCUT2D eigenvalue weighted by Crippen LogP contribution is 2.23. The van der Waals surface area contributed by atoms with Gasteiger partial charge in [0.1, 0.15) is 5.82 Å². The van der Waals surface area contributed by atoms with Crippen LogP contribution in [0.25, 0.3) is 6.08 Å². The van der Waals surface area contributed by atoms with Gasteiger partial charge in [0.05, 0.1) is 10.0 Å². The number of ether oxygens (including phenoxy) is 1. The van der Waals surface area contributed by atoms with Crippen LogP contribution in [0, 0.1) is 19.7 Å². The van der Waals surface area contributed by atoms with Crippen LogP contribution in [0.1, 0.15) is 32.9 Å². The molecule has 1 aromatic heterocycles. The van der Waals surface area contributed by atoms with Gasteiger partial charge in [-0.1, -0.05) is 41.4 Å². The number of benzene rings is 2. The zero-order valence-corrected chi connectivity index (χ0v) is 19.2. The van der Waals surface area contributed by atoms with Crippen molar-refractivity contribution >= 4 is 41.0 Å². The zero-order valence-electron chi connectivity index (χ0n) is 17.7. The Morgan fingerprint density at radius 1 is 1.03 bits per heavy atom. The Morgan fingerprint density at radius 2 is 1.75 bits per heavy atom. The SMILES string of the molecule is Cc1cc(C(=O)COC(=O)C=Cc2ccc(Cl)c(Cl)c2)c(C)n1CCc1ccc(F)cc1. The summed E-state index contributed by atoms with van der Waals surface area (Å²) >= 11 is 11.8. The van der Waals surface area contributed by atoms with E-state index < -0.39 is 5.97 Å². The van der Waals surface area contributed by atoms with Crippen LogP contribution in [0.2, 0.25) is 10.0 Å². The standard InChI is InChI=1S/C25H22Cl2FNO3/c1-16-13-21(17(2)29(16)12-11-18-3-7-20(28)8-4-18)24(30)15-32-25(31)10-6-19-5-9-22(26)23(27)14-19/h3-10,13-14H,11-12,15H2,1-2H3. The van der Waals surface area contributed by atoms with Crippen molar-refractivity contribution in [1.82, 2.24) is 4.57 Å². The van der Waals surface area contributed by atoms with E-state index in [2.05, 4.69) is 0 Å². The molecule has 0 bridgehead atoms. The summed E-state index contributed by atoms with van der Waals surface area (Å²) in [6.07, 6.45) is 3.48. The van der Waals surface area contributed by atoms with Gasteiger partial charge < -0.3 is 9.30 Å². The van der Waals surface area contributed by atoms with E-state index in [9.17, 15) is 14.0 Å². The molecule has 0 aliphatic rings. The number of hydrogen-bond acceptors (Lipinski definition) is 3. The maximum Gasteiger partial charge on any atom is 0.331 e. The van der Waals surface area contributed by atoms with Crippen LogP contribution in [-0.2, 0) is 22.5 Å². The molecule has 166 valence electrons. The minimum absolute atomic E-state index is 0.267. The summed E-state index contributed by atoms with van der Waals surface area (Å²) in [5, 5.41) is 0.805. The molecular formula is C25H22Cl2FNO3. The first kappa shape index (κ1) is 23.8. The molecule has 0 aliphatic carbocycles. The molecule has 0 N–H and O–H groups in total. The predicted octanol–water partition coefficient (Wildman–Crippen LogP) is 6.23. The summed E-state index contributed by atoms with van der Waals surface area (Å²) in [6, 6.07) is 13.1. The van der Waals surface area contributed by atoms with Crippen molar-refractivity contribution in [2.45, 2.75) is 26.8 Å². The number of carbonyl (C=O) groups is 2. The first-order chi connectivity index (χ1) is 15.2. The minimum Gasteiger partial charge on any atom is -0.454 e. The summed E-state index contributed by atoms with van der Waals surface area (Å²) in [5.74, 6) is -1.17. The lowest BCUT2D eigenvalue weighted by molar-refractivity contribution is -0.136. The third-order valence-electron chi connectivity index (χ3n) is 5.11.